The lowest BCUT2D eigenvalue weighted by atomic mass is 9.75. The van der Waals surface area contributed by atoms with Crippen molar-refractivity contribution in [3.05, 3.63) is 46.8 Å². The van der Waals surface area contributed by atoms with E-state index in [4.69, 9.17) is 4.74 Å². The number of nitrogens with one attached hydrogen (secondary N) is 3. The number of nitrogens with zero attached hydrogens (tertiary/aromatic N) is 1. The molecule has 3 N–H and O–H groups in total. The Kier molecular flexibility index (Phi) is 8.61. The van der Waals surface area contributed by atoms with Crippen molar-refractivity contribution in [2.24, 2.45) is 5.41 Å². The maximum Gasteiger partial charge on any atom is 0.268 e. The monoisotopic (exact) mass is 522 g/mol. The maximum absolute atomic E-state index is 13.3. The van der Waals surface area contributed by atoms with Crippen molar-refractivity contribution in [1.82, 2.24) is 15.2 Å². The summed E-state index contributed by atoms with van der Waals surface area (Å²) in [6.07, 6.45) is 5.62. The lowest BCUT2D eigenvalue weighted by Gasteiger charge is -2.29. The van der Waals surface area contributed by atoms with Crippen molar-refractivity contribution in [2.75, 3.05) is 25.5 Å². The minimum Gasteiger partial charge on any atom is -0.490 e. The first-order chi connectivity index (χ1) is 18.1. The Bertz CT molecular complexity index is 1160. The highest BCUT2D eigenvalue weighted by atomic mass is 16.5. The molecule has 0 spiro atoms. The van der Waals surface area contributed by atoms with E-state index in [1.807, 2.05) is 24.3 Å². The number of amides is 2. The zero-order chi connectivity index (χ0) is 27.4. The fourth-order valence-corrected chi connectivity index (χ4v) is 5.51. The van der Waals surface area contributed by atoms with Gasteiger partial charge < -0.3 is 25.3 Å². The summed E-state index contributed by atoms with van der Waals surface area (Å²) in [5.74, 6) is 0.229. The highest BCUT2D eigenvalue weighted by Gasteiger charge is 2.35. The van der Waals surface area contributed by atoms with Gasteiger partial charge in [-0.2, -0.15) is 0 Å². The number of fused-ring (bicyclic) bond motifs is 1. The second kappa shape index (κ2) is 11.7. The third-order valence-corrected chi connectivity index (χ3v) is 7.69. The van der Waals surface area contributed by atoms with Gasteiger partial charge in [0.15, 0.2) is 5.78 Å². The number of rotatable bonds is 9. The molecule has 1 aliphatic carbocycles. The van der Waals surface area contributed by atoms with Crippen LogP contribution in [0.2, 0.25) is 0 Å². The topological polar surface area (TPSA) is 104 Å². The molecule has 4 rings (SSSR count). The molecule has 38 heavy (non-hydrogen) atoms. The van der Waals surface area contributed by atoms with E-state index in [2.05, 4.69) is 48.3 Å². The summed E-state index contributed by atoms with van der Waals surface area (Å²) >= 11 is 0. The van der Waals surface area contributed by atoms with Crippen LogP contribution in [0.25, 0.3) is 0 Å². The number of carbonyl (C=O) groups excluding carboxylic acids is 3. The summed E-state index contributed by atoms with van der Waals surface area (Å²) in [4.78, 5) is 44.7. The third kappa shape index (κ3) is 6.65. The number of benzene rings is 1. The fraction of sp³-hybridized carbons (Fsp3) is 0.567. The Labute approximate surface area is 225 Å². The standard InChI is InChI=1S/C30H42N4O4/c1-6-7-8-23(33-29(37)27-19(2)26-24(32-27)17-30(3,4)18-25(26)35)28(36)31-20-9-11-21(12-10-20)38-22-13-15-34(5)16-14-22/h9-12,22-23,32H,6-8,13-18H2,1-5H3,(H,31,36)(H,33,37). The number of aromatic nitrogens is 1. The van der Waals surface area contributed by atoms with Gasteiger partial charge >= 0.3 is 0 Å². The number of carbonyl (C=O) groups is 3. The number of H-pyrrole nitrogens is 1. The number of hydrogen-bond acceptors (Lipinski definition) is 5. The Morgan fingerprint density at radius 2 is 1.84 bits per heavy atom. The van der Waals surface area contributed by atoms with Gasteiger partial charge in [-0.1, -0.05) is 33.6 Å². The summed E-state index contributed by atoms with van der Waals surface area (Å²) in [5, 5.41) is 5.87. The van der Waals surface area contributed by atoms with E-state index in [0.29, 0.717) is 41.8 Å². The zero-order valence-electron chi connectivity index (χ0n) is 23.4. The van der Waals surface area contributed by atoms with Crippen molar-refractivity contribution in [2.45, 2.75) is 84.8 Å². The lowest BCUT2D eigenvalue weighted by Crippen LogP contribution is -2.44. The summed E-state index contributed by atoms with van der Waals surface area (Å²) < 4.78 is 6.11. The van der Waals surface area contributed by atoms with Gasteiger partial charge in [-0.3, -0.25) is 14.4 Å². The molecule has 0 radical (unpaired) electrons. The van der Waals surface area contributed by atoms with Crippen LogP contribution in [-0.2, 0) is 11.2 Å². The quantitative estimate of drug-likeness (QED) is 0.436. The van der Waals surface area contributed by atoms with Crippen LogP contribution in [0, 0.1) is 12.3 Å². The molecule has 0 saturated carbocycles. The average molecular weight is 523 g/mol. The first-order valence-electron chi connectivity index (χ1n) is 13.9. The largest absolute Gasteiger partial charge is 0.490 e. The first kappa shape index (κ1) is 27.9. The van der Waals surface area contributed by atoms with Crippen molar-refractivity contribution in [3.8, 4) is 5.75 Å². The lowest BCUT2D eigenvalue weighted by molar-refractivity contribution is -0.118. The summed E-state index contributed by atoms with van der Waals surface area (Å²) in [7, 11) is 2.12. The van der Waals surface area contributed by atoms with E-state index in [1.54, 1.807) is 6.92 Å². The number of piperidine rings is 1. The van der Waals surface area contributed by atoms with Gasteiger partial charge in [-0.05, 0) is 74.9 Å². The van der Waals surface area contributed by atoms with Crippen molar-refractivity contribution in [3.63, 3.8) is 0 Å². The van der Waals surface area contributed by atoms with Gasteiger partial charge in [0.2, 0.25) is 5.91 Å². The molecule has 1 atom stereocenters. The number of ether oxygens (including phenoxy) is 1. The molecular formula is C30H42N4O4. The summed E-state index contributed by atoms with van der Waals surface area (Å²) in [5.41, 5.74) is 2.98. The van der Waals surface area contributed by atoms with Crippen LogP contribution in [0.5, 0.6) is 5.75 Å². The van der Waals surface area contributed by atoms with Crippen LogP contribution in [0.3, 0.4) is 0 Å². The number of hydrogen-bond donors (Lipinski definition) is 3. The van der Waals surface area contributed by atoms with Gasteiger partial charge in [0.25, 0.3) is 5.91 Å². The van der Waals surface area contributed by atoms with Gasteiger partial charge in [0, 0.05) is 36.5 Å². The molecule has 1 unspecified atom stereocenters. The Morgan fingerprint density at radius 3 is 2.50 bits per heavy atom. The second-order valence-electron chi connectivity index (χ2n) is 11.7. The minimum absolute atomic E-state index is 0.0626. The molecule has 1 aromatic carbocycles. The molecule has 2 amide bonds. The Morgan fingerprint density at radius 1 is 1.16 bits per heavy atom. The highest BCUT2D eigenvalue weighted by molar-refractivity contribution is 6.06. The van der Waals surface area contributed by atoms with Crippen LogP contribution in [-0.4, -0.2) is 59.8 Å². The van der Waals surface area contributed by atoms with Crippen LogP contribution in [0.1, 0.15) is 91.4 Å². The maximum atomic E-state index is 13.3. The molecule has 1 aromatic heterocycles. The SMILES string of the molecule is CCCCC(NC(=O)c1[nH]c2c(c1C)C(=O)CC(C)(C)C2)C(=O)Nc1ccc(OC2CCN(C)CC2)cc1. The molecule has 1 saturated heterocycles. The number of unbranched alkanes of at least 4 members (excludes halogenated alkanes) is 1. The molecular weight excluding hydrogens is 480 g/mol. The van der Waals surface area contributed by atoms with Gasteiger partial charge in [-0.25, -0.2) is 0 Å². The molecule has 2 heterocycles. The van der Waals surface area contributed by atoms with Gasteiger partial charge in [0.05, 0.1) is 0 Å². The van der Waals surface area contributed by atoms with E-state index < -0.39 is 6.04 Å². The van der Waals surface area contributed by atoms with Crippen LogP contribution < -0.4 is 15.4 Å². The number of Topliss-reactive ketones (excluding diaryl/α,β-unsaturated/α-hetero) is 1. The molecule has 2 aliphatic rings. The number of likely N-dealkylation sites (tertiary alicyclic amines) is 1. The number of aromatic amines is 1. The van der Waals surface area contributed by atoms with E-state index in [-0.39, 0.29) is 29.1 Å². The number of ketones is 1. The molecule has 0 bridgehead atoms. The van der Waals surface area contributed by atoms with Gasteiger partial charge in [-0.15, -0.1) is 0 Å². The Hall–Kier alpha value is -3.13. The normalized spacial score (nSPS) is 18.5. The van der Waals surface area contributed by atoms with E-state index in [1.165, 1.54) is 0 Å². The second-order valence-corrected chi connectivity index (χ2v) is 11.7. The highest BCUT2D eigenvalue weighted by Crippen LogP contribution is 2.36. The molecule has 8 nitrogen and oxygen atoms in total. The van der Waals surface area contributed by atoms with Crippen LogP contribution in [0.4, 0.5) is 5.69 Å². The molecule has 1 fully saturated rings. The van der Waals surface area contributed by atoms with Crippen molar-refractivity contribution in [1.29, 1.82) is 0 Å². The van der Waals surface area contributed by atoms with E-state index in [9.17, 15) is 14.4 Å². The molecule has 2 aromatic rings. The predicted molar refractivity (Wildman–Crippen MR) is 149 cm³/mol. The van der Waals surface area contributed by atoms with E-state index >= 15 is 0 Å². The van der Waals surface area contributed by atoms with Crippen molar-refractivity contribution < 1.29 is 19.1 Å². The van der Waals surface area contributed by atoms with Gasteiger partial charge in [0.1, 0.15) is 23.6 Å². The fourth-order valence-electron chi connectivity index (χ4n) is 5.51. The van der Waals surface area contributed by atoms with Crippen molar-refractivity contribution >= 4 is 23.3 Å². The predicted octanol–water partition coefficient (Wildman–Crippen LogP) is 4.88. The zero-order valence-corrected chi connectivity index (χ0v) is 23.4. The van der Waals surface area contributed by atoms with Crippen LogP contribution >= 0.6 is 0 Å². The molecule has 206 valence electrons. The summed E-state index contributed by atoms with van der Waals surface area (Å²) in [6.45, 7) is 10.0. The average Bonchev–Trinajstić information content (AvgIpc) is 3.19. The third-order valence-electron chi connectivity index (χ3n) is 7.69. The first-order valence-corrected chi connectivity index (χ1v) is 13.9. The summed E-state index contributed by atoms with van der Waals surface area (Å²) in [6, 6.07) is 6.72. The molecule has 8 heteroatoms. The smallest absolute Gasteiger partial charge is 0.268 e. The number of anilines is 1. The van der Waals surface area contributed by atoms with E-state index in [0.717, 1.165) is 50.2 Å². The molecule has 1 aliphatic heterocycles. The van der Waals surface area contributed by atoms with Crippen LogP contribution in [0.15, 0.2) is 24.3 Å². The Balaban J connectivity index is 1.41. The minimum atomic E-state index is -0.690.